The van der Waals surface area contributed by atoms with Crippen molar-refractivity contribution in [3.8, 4) is 117 Å². The molecule has 0 radical (unpaired) electrons. The SMILES string of the molecule is C#Cc1ccc(C#Cc2ccc(C#Cc3cc(C#C)cc(C#Cc4ccc(-c5c6nc(c(-c7c(C)cc(C)cc7C)c7ccc([n-]7)c(-c7ccc(C#Cc8cccc(SC)c8)cc7)c7nc(c(-c8c(C)cc(C)cc8C)c8ccc5[n-]8)C=C7)C=C6)cc4)c3)cc2)cc1.[Zn+2]. The number of fused-ring (bicyclic) bond motifs is 8. The molecule has 13 rings (SSSR count). The van der Waals surface area contributed by atoms with Gasteiger partial charge in [-0.3, -0.25) is 0 Å². The van der Waals surface area contributed by atoms with Crippen molar-refractivity contribution in [2.24, 2.45) is 0 Å². The van der Waals surface area contributed by atoms with E-state index in [1.165, 1.54) is 16.0 Å². The van der Waals surface area contributed by atoms with Crippen LogP contribution in [0.4, 0.5) is 0 Å². The van der Waals surface area contributed by atoms with Crippen molar-refractivity contribution in [3.05, 3.63) is 300 Å². The number of thioether (sulfide) groups is 1. The summed E-state index contributed by atoms with van der Waals surface area (Å²) in [5, 5.41) is 0. The molecule has 0 N–H and O–H groups in total. The normalized spacial score (nSPS) is 10.9. The molecule has 0 unspecified atom stereocenters. The molecule has 2 aliphatic rings. The summed E-state index contributed by atoms with van der Waals surface area (Å²) in [5.41, 5.74) is 29.5. The molecule has 4 nitrogen and oxygen atoms in total. The van der Waals surface area contributed by atoms with E-state index < -0.39 is 0 Å². The van der Waals surface area contributed by atoms with Crippen LogP contribution in [0.2, 0.25) is 0 Å². The Balaban J connectivity index is 0.00000832. The van der Waals surface area contributed by atoms with E-state index >= 15 is 0 Å². The van der Waals surface area contributed by atoms with E-state index in [0.29, 0.717) is 5.56 Å². The van der Waals surface area contributed by atoms with Gasteiger partial charge in [0.2, 0.25) is 0 Å². The first-order valence-electron chi connectivity index (χ1n) is 30.3. The maximum absolute atomic E-state index is 5.99. The molecule has 8 bridgehead atoms. The molecule has 0 amide bonds. The summed E-state index contributed by atoms with van der Waals surface area (Å²) < 4.78 is 0. The number of rotatable bonds is 5. The first-order valence-corrected chi connectivity index (χ1v) is 31.5. The zero-order valence-electron chi connectivity index (χ0n) is 52.8. The molecule has 0 spiro atoms. The van der Waals surface area contributed by atoms with E-state index in [1.807, 2.05) is 66.7 Å². The quantitative estimate of drug-likeness (QED) is 0.0976. The van der Waals surface area contributed by atoms with Crippen molar-refractivity contribution < 1.29 is 19.5 Å². The van der Waals surface area contributed by atoms with Crippen LogP contribution in [0.3, 0.4) is 0 Å². The van der Waals surface area contributed by atoms with Crippen LogP contribution in [0.5, 0.6) is 0 Å². The summed E-state index contributed by atoms with van der Waals surface area (Å²) in [6.07, 6.45) is 22.1. The molecule has 2 aliphatic heterocycles. The number of hydrogen-bond acceptors (Lipinski definition) is 3. The fourth-order valence-corrected chi connectivity index (χ4v) is 12.7. The fraction of sp³-hybridized carbons (Fsp3) is 0.0805. The summed E-state index contributed by atoms with van der Waals surface area (Å²) in [7, 11) is 0. The second kappa shape index (κ2) is 27.0. The van der Waals surface area contributed by atoms with Crippen LogP contribution >= 0.6 is 11.8 Å². The van der Waals surface area contributed by atoms with Gasteiger partial charge in [-0.05, 0) is 248 Å². The van der Waals surface area contributed by atoms with Crippen LogP contribution < -0.4 is 9.97 Å². The molecule has 6 heteroatoms. The number of terminal acetylenes is 2. The first-order chi connectivity index (χ1) is 44.8. The Hall–Kier alpha value is -11.3. The minimum atomic E-state index is 0. The van der Waals surface area contributed by atoms with Crippen molar-refractivity contribution in [3.63, 3.8) is 0 Å². The molecule has 11 aromatic rings. The Labute approximate surface area is 562 Å². The number of hydrogen-bond donors (Lipinski definition) is 0. The van der Waals surface area contributed by atoms with Crippen molar-refractivity contribution in [1.29, 1.82) is 0 Å². The van der Waals surface area contributed by atoms with E-state index in [2.05, 4.69) is 253 Å². The van der Waals surface area contributed by atoms with Crippen LogP contribution in [0.1, 0.15) is 112 Å². The van der Waals surface area contributed by atoms with E-state index in [9.17, 15) is 0 Å². The van der Waals surface area contributed by atoms with Crippen LogP contribution in [-0.2, 0) is 19.5 Å². The molecular formula is C87H58N4SZn. The Bertz CT molecular complexity index is 5350. The third kappa shape index (κ3) is 13.5. The van der Waals surface area contributed by atoms with Gasteiger partial charge in [-0.1, -0.05) is 149 Å². The molecule has 0 atom stereocenters. The van der Waals surface area contributed by atoms with Gasteiger partial charge < -0.3 is 9.97 Å². The van der Waals surface area contributed by atoms with Crippen molar-refractivity contribution in [2.45, 2.75) is 46.4 Å². The average Bonchev–Trinajstić information content (AvgIpc) is 1.67. The van der Waals surface area contributed by atoms with Crippen molar-refractivity contribution in [1.82, 2.24) is 19.9 Å². The first kappa shape index (κ1) is 61.9. The maximum atomic E-state index is 5.99. The van der Waals surface area contributed by atoms with Gasteiger partial charge in [-0.2, -0.15) is 0 Å². The van der Waals surface area contributed by atoms with Crippen LogP contribution in [-0.4, -0.2) is 16.2 Å². The van der Waals surface area contributed by atoms with E-state index in [1.54, 1.807) is 11.8 Å². The second-order valence-corrected chi connectivity index (χ2v) is 23.9. The number of nitrogens with zero attached hydrogens (tertiary/aromatic N) is 4. The van der Waals surface area contributed by atoms with Crippen molar-refractivity contribution >= 4 is 58.1 Å². The van der Waals surface area contributed by atoms with Crippen LogP contribution in [0, 0.1) is 114 Å². The Morgan fingerprint density at radius 3 is 0.989 bits per heavy atom. The Morgan fingerprint density at radius 1 is 0.312 bits per heavy atom. The van der Waals surface area contributed by atoms with Gasteiger partial charge in [-0.25, -0.2) is 9.97 Å². The summed E-state index contributed by atoms with van der Waals surface area (Å²) in [6, 6.07) is 63.9. The van der Waals surface area contributed by atoms with Gasteiger partial charge in [0, 0.05) is 60.5 Å². The predicted molar refractivity (Wildman–Crippen MR) is 384 cm³/mol. The second-order valence-electron chi connectivity index (χ2n) is 23.0. The molecule has 0 saturated carbocycles. The topological polar surface area (TPSA) is 54.0 Å². The van der Waals surface area contributed by atoms with E-state index in [-0.39, 0.29) is 19.5 Å². The number of aryl methyl sites for hydroxylation is 6. The number of benzene rings is 8. The van der Waals surface area contributed by atoms with Crippen LogP contribution in [0.15, 0.2) is 193 Å². The zero-order valence-corrected chi connectivity index (χ0v) is 56.5. The van der Waals surface area contributed by atoms with Crippen molar-refractivity contribution in [2.75, 3.05) is 6.26 Å². The Morgan fingerprint density at radius 2 is 0.624 bits per heavy atom. The molecule has 8 aromatic carbocycles. The molecule has 93 heavy (non-hydrogen) atoms. The van der Waals surface area contributed by atoms with Crippen LogP contribution in [0.25, 0.3) is 90.9 Å². The molecule has 434 valence electrons. The fourth-order valence-electron chi connectivity index (χ4n) is 12.2. The summed E-state index contributed by atoms with van der Waals surface area (Å²) in [5.74, 6) is 32.0. The standard InChI is InChI=1S/C87H58N4S.Zn/c1-10-61-15-17-63(18-16-61)19-20-64-21-23-65(24-22-64)26-29-69-51-62(11-2)52-70(53-69)30-27-67-33-37-72(38-34-67)85-76-41-45-80(90-76)86(82-57(5)47-55(3)48-58(82)6)78-43-39-74(88-78)84(71-35-31-66(32-36-71)25-28-68-13-12-14-73(54-68)92-9)75-40-44-79(89-75)87(81-46-42-77(85)91-81)83-59(7)49-56(4)50-60(83)8;/h1-2,12-18,21-24,31-54H,3-9H3;/q-2;+2. The van der Waals surface area contributed by atoms with Gasteiger partial charge in [0.1, 0.15) is 0 Å². The molecule has 0 saturated heterocycles. The van der Waals surface area contributed by atoms with Gasteiger partial charge in [0.25, 0.3) is 0 Å². The molecule has 0 fully saturated rings. The van der Waals surface area contributed by atoms with E-state index in [4.69, 9.17) is 32.8 Å². The Kier molecular flexibility index (Phi) is 18.0. The molecule has 3 aromatic heterocycles. The van der Waals surface area contributed by atoms with Gasteiger partial charge in [0.15, 0.2) is 0 Å². The van der Waals surface area contributed by atoms with Gasteiger partial charge in [-0.15, -0.1) is 46.7 Å². The molecule has 5 heterocycles. The average molecular weight is 1260 g/mol. The summed E-state index contributed by atoms with van der Waals surface area (Å²) >= 11 is 1.71. The predicted octanol–water partition coefficient (Wildman–Crippen LogP) is 18.7. The summed E-state index contributed by atoms with van der Waals surface area (Å²) in [6.45, 7) is 13.0. The minimum absolute atomic E-state index is 0. The zero-order chi connectivity index (χ0) is 63.4. The van der Waals surface area contributed by atoms with Gasteiger partial charge in [0.05, 0.1) is 22.8 Å². The van der Waals surface area contributed by atoms with Gasteiger partial charge >= 0.3 is 19.5 Å². The maximum Gasteiger partial charge on any atom is 2.00 e. The monoisotopic (exact) mass is 1250 g/mol. The third-order valence-electron chi connectivity index (χ3n) is 16.3. The minimum Gasteiger partial charge on any atom is -0.657 e. The summed E-state index contributed by atoms with van der Waals surface area (Å²) in [4.78, 5) is 23.6. The molecule has 0 aliphatic carbocycles. The van der Waals surface area contributed by atoms with E-state index in [0.717, 1.165) is 162 Å². The molecular weight excluding hydrogens is 1200 g/mol. The smallest absolute Gasteiger partial charge is 0.657 e. The number of aromatic nitrogens is 4. The third-order valence-corrected chi connectivity index (χ3v) is 17.0. The largest absolute Gasteiger partial charge is 2.00 e.